The molecular formula is C20H33N3O4. The second-order valence-electron chi connectivity index (χ2n) is 6.68. The summed E-state index contributed by atoms with van der Waals surface area (Å²) >= 11 is 0. The second kappa shape index (κ2) is 11.7. The number of nitrogens with zero attached hydrogens (tertiary/aromatic N) is 1. The molecule has 0 saturated heterocycles. The van der Waals surface area contributed by atoms with Gasteiger partial charge in [-0.25, -0.2) is 0 Å². The highest BCUT2D eigenvalue weighted by atomic mass is 16.5. The lowest BCUT2D eigenvalue weighted by Gasteiger charge is -2.15. The normalized spacial score (nSPS) is 15.3. The zero-order valence-corrected chi connectivity index (χ0v) is 16.7. The number of rotatable bonds is 12. The molecule has 3 N–H and O–H groups in total. The van der Waals surface area contributed by atoms with E-state index in [1.54, 1.807) is 32.4 Å². The van der Waals surface area contributed by atoms with Crippen LogP contribution in [0, 0.1) is 5.92 Å². The monoisotopic (exact) mass is 379 g/mol. The summed E-state index contributed by atoms with van der Waals surface area (Å²) < 4.78 is 16.1. The maximum absolute atomic E-state index is 10.5. The van der Waals surface area contributed by atoms with E-state index in [2.05, 4.69) is 15.6 Å². The summed E-state index contributed by atoms with van der Waals surface area (Å²) in [5.41, 5.74) is 0.708. The molecule has 7 heteroatoms. The molecule has 7 nitrogen and oxygen atoms in total. The number of ether oxygens (including phenoxy) is 3. The van der Waals surface area contributed by atoms with Gasteiger partial charge in [-0.05, 0) is 49.8 Å². The maximum Gasteiger partial charge on any atom is 0.191 e. The fourth-order valence-corrected chi connectivity index (χ4v) is 2.56. The van der Waals surface area contributed by atoms with Crippen LogP contribution in [0.1, 0.15) is 37.9 Å². The number of hydrogen-bond acceptors (Lipinski definition) is 5. The van der Waals surface area contributed by atoms with Crippen LogP contribution >= 0.6 is 0 Å². The largest absolute Gasteiger partial charge is 0.497 e. The Morgan fingerprint density at radius 1 is 1.19 bits per heavy atom. The van der Waals surface area contributed by atoms with Crippen LogP contribution in [0.3, 0.4) is 0 Å². The van der Waals surface area contributed by atoms with Gasteiger partial charge in [-0.15, -0.1) is 0 Å². The van der Waals surface area contributed by atoms with Gasteiger partial charge in [0.2, 0.25) is 0 Å². The van der Waals surface area contributed by atoms with Crippen LogP contribution in [0.2, 0.25) is 0 Å². The highest BCUT2D eigenvalue weighted by Gasteiger charge is 2.20. The Bertz CT molecular complexity index is 568. The minimum absolute atomic E-state index is 0.240. The van der Waals surface area contributed by atoms with Crippen LogP contribution in [0.4, 0.5) is 0 Å². The van der Waals surface area contributed by atoms with Crippen molar-refractivity contribution < 1.29 is 19.3 Å². The van der Waals surface area contributed by atoms with Crippen LogP contribution < -0.4 is 20.1 Å². The second-order valence-corrected chi connectivity index (χ2v) is 6.68. The molecule has 2 rings (SSSR count). The van der Waals surface area contributed by atoms with Crippen molar-refractivity contribution in [3.63, 3.8) is 0 Å². The van der Waals surface area contributed by atoms with Crippen molar-refractivity contribution in [1.82, 2.24) is 10.6 Å². The Kier molecular flexibility index (Phi) is 9.21. The van der Waals surface area contributed by atoms with Crippen molar-refractivity contribution in [1.29, 1.82) is 0 Å². The summed E-state index contributed by atoms with van der Waals surface area (Å²) in [6.45, 7) is 5.44. The summed E-state index contributed by atoms with van der Waals surface area (Å²) in [5, 5.41) is 16.9. The maximum atomic E-state index is 10.5. The van der Waals surface area contributed by atoms with E-state index in [0.717, 1.165) is 38.6 Å². The minimum Gasteiger partial charge on any atom is -0.497 e. The van der Waals surface area contributed by atoms with Crippen LogP contribution in [0.15, 0.2) is 23.2 Å². The number of benzene rings is 1. The SMILES string of the molecule is CCNC(=NCC(O)c1cc(OC)cc(OC)c1)NCCCOCC1CC1. The minimum atomic E-state index is -0.744. The Morgan fingerprint density at radius 2 is 1.89 bits per heavy atom. The molecule has 1 aromatic rings. The van der Waals surface area contributed by atoms with Gasteiger partial charge in [-0.3, -0.25) is 4.99 Å². The molecule has 1 aromatic carbocycles. The molecule has 1 fully saturated rings. The molecule has 0 heterocycles. The van der Waals surface area contributed by atoms with Crippen LogP contribution in [0.5, 0.6) is 11.5 Å². The van der Waals surface area contributed by atoms with Gasteiger partial charge in [0.1, 0.15) is 11.5 Å². The van der Waals surface area contributed by atoms with Crippen molar-refractivity contribution in [3.05, 3.63) is 23.8 Å². The van der Waals surface area contributed by atoms with Gasteiger partial charge in [-0.2, -0.15) is 0 Å². The number of guanidine groups is 1. The third kappa shape index (κ3) is 8.05. The lowest BCUT2D eigenvalue weighted by Crippen LogP contribution is -2.38. The quantitative estimate of drug-likeness (QED) is 0.293. The van der Waals surface area contributed by atoms with E-state index >= 15 is 0 Å². The zero-order chi connectivity index (χ0) is 19.5. The fraction of sp³-hybridized carbons (Fsp3) is 0.650. The number of nitrogens with one attached hydrogen (secondary N) is 2. The average molecular weight is 380 g/mol. The van der Waals surface area contributed by atoms with Gasteiger partial charge >= 0.3 is 0 Å². The van der Waals surface area contributed by atoms with Crippen LogP contribution in [-0.2, 0) is 4.74 Å². The molecule has 1 unspecified atom stereocenters. The number of aliphatic hydroxyl groups is 1. The molecule has 0 aliphatic heterocycles. The molecule has 0 radical (unpaired) electrons. The predicted molar refractivity (Wildman–Crippen MR) is 107 cm³/mol. The van der Waals surface area contributed by atoms with E-state index < -0.39 is 6.10 Å². The Balaban J connectivity index is 1.81. The van der Waals surface area contributed by atoms with Crippen molar-refractivity contribution in [2.24, 2.45) is 10.9 Å². The van der Waals surface area contributed by atoms with Crippen molar-refractivity contribution in [3.8, 4) is 11.5 Å². The Morgan fingerprint density at radius 3 is 2.48 bits per heavy atom. The molecular weight excluding hydrogens is 346 g/mol. The first-order valence-corrected chi connectivity index (χ1v) is 9.67. The molecule has 0 bridgehead atoms. The summed E-state index contributed by atoms with van der Waals surface area (Å²) in [6, 6.07) is 5.36. The van der Waals surface area contributed by atoms with Gasteiger partial charge in [-0.1, -0.05) is 0 Å². The number of hydrogen-bond donors (Lipinski definition) is 3. The highest BCUT2D eigenvalue weighted by Crippen LogP contribution is 2.28. The van der Waals surface area contributed by atoms with E-state index in [-0.39, 0.29) is 6.54 Å². The first-order valence-electron chi connectivity index (χ1n) is 9.67. The molecule has 27 heavy (non-hydrogen) atoms. The van der Waals surface area contributed by atoms with Crippen molar-refractivity contribution >= 4 is 5.96 Å². The molecule has 0 spiro atoms. The van der Waals surface area contributed by atoms with Gasteiger partial charge in [0, 0.05) is 32.4 Å². The summed E-state index contributed by atoms with van der Waals surface area (Å²) in [7, 11) is 3.18. The Labute approximate surface area is 162 Å². The molecule has 1 saturated carbocycles. The average Bonchev–Trinajstić information content (AvgIpc) is 3.52. The smallest absolute Gasteiger partial charge is 0.191 e. The third-order valence-electron chi connectivity index (χ3n) is 4.33. The first-order chi connectivity index (χ1) is 13.2. The van der Waals surface area contributed by atoms with Gasteiger partial charge in [0.15, 0.2) is 5.96 Å². The standard InChI is InChI=1S/C20H33N3O4/c1-4-21-20(22-8-5-9-27-14-15-6-7-15)23-13-19(24)16-10-17(25-2)12-18(11-16)26-3/h10-12,15,19,24H,4-9,13-14H2,1-3H3,(H2,21,22,23). The summed E-state index contributed by atoms with van der Waals surface area (Å²) in [6.07, 6.45) is 2.81. The van der Waals surface area contributed by atoms with Gasteiger partial charge in [0.25, 0.3) is 0 Å². The summed E-state index contributed by atoms with van der Waals surface area (Å²) in [4.78, 5) is 4.48. The van der Waals surface area contributed by atoms with Crippen molar-refractivity contribution in [2.45, 2.75) is 32.3 Å². The lowest BCUT2D eigenvalue weighted by molar-refractivity contribution is 0.123. The number of aliphatic hydroxyl groups excluding tert-OH is 1. The predicted octanol–water partition coefficient (Wildman–Crippen LogP) is 2.11. The third-order valence-corrected chi connectivity index (χ3v) is 4.33. The molecule has 1 aliphatic carbocycles. The fourth-order valence-electron chi connectivity index (χ4n) is 2.56. The van der Waals surface area contributed by atoms with E-state index in [4.69, 9.17) is 14.2 Å². The van der Waals surface area contributed by atoms with Gasteiger partial charge < -0.3 is 30.0 Å². The number of aliphatic imine (C=N–C) groups is 1. The highest BCUT2D eigenvalue weighted by molar-refractivity contribution is 5.79. The van der Waals surface area contributed by atoms with Crippen LogP contribution in [-0.4, -0.2) is 58.1 Å². The zero-order valence-electron chi connectivity index (χ0n) is 16.7. The van der Waals surface area contributed by atoms with Gasteiger partial charge in [0.05, 0.1) is 26.9 Å². The molecule has 0 aromatic heterocycles. The van der Waals surface area contributed by atoms with E-state index in [9.17, 15) is 5.11 Å². The lowest BCUT2D eigenvalue weighted by atomic mass is 10.1. The molecule has 1 aliphatic rings. The van der Waals surface area contributed by atoms with E-state index in [1.165, 1.54) is 12.8 Å². The molecule has 152 valence electrons. The molecule has 1 atom stereocenters. The van der Waals surface area contributed by atoms with E-state index in [1.807, 2.05) is 6.92 Å². The first kappa shape index (κ1) is 21.3. The molecule has 0 amide bonds. The van der Waals surface area contributed by atoms with E-state index in [0.29, 0.717) is 23.0 Å². The summed E-state index contributed by atoms with van der Waals surface area (Å²) in [5.74, 6) is 2.77. The van der Waals surface area contributed by atoms with Crippen LogP contribution in [0.25, 0.3) is 0 Å². The van der Waals surface area contributed by atoms with Crippen molar-refractivity contribution in [2.75, 3.05) is 47.1 Å². The topological polar surface area (TPSA) is 84.3 Å². The Hall–Kier alpha value is -1.99. The number of methoxy groups -OCH3 is 2.